The number of carboxylic acid groups (broad SMARTS) is 1. The Hall–Kier alpha value is -3.16. The number of benzene rings is 2. The van der Waals surface area contributed by atoms with Crippen molar-refractivity contribution in [1.29, 1.82) is 0 Å². The van der Waals surface area contributed by atoms with Crippen LogP contribution in [0.15, 0.2) is 24.3 Å². The van der Waals surface area contributed by atoms with Crippen LogP contribution in [0.2, 0.25) is 0 Å². The number of anilines is 2. The summed E-state index contributed by atoms with van der Waals surface area (Å²) in [5, 5.41) is 14.4. The third kappa shape index (κ3) is 2.44. The van der Waals surface area contributed by atoms with Crippen molar-refractivity contribution in [3.8, 4) is 11.5 Å². The fourth-order valence-electron chi connectivity index (χ4n) is 2.23. The molecule has 0 saturated heterocycles. The van der Waals surface area contributed by atoms with Crippen molar-refractivity contribution in [2.45, 2.75) is 0 Å². The minimum atomic E-state index is -1.30. The molecule has 0 spiro atoms. The maximum atomic E-state index is 13.3. The highest BCUT2D eigenvalue weighted by Crippen LogP contribution is 2.44. The van der Waals surface area contributed by atoms with Crippen molar-refractivity contribution in [2.24, 2.45) is 0 Å². The predicted molar refractivity (Wildman–Crippen MR) is 76.5 cm³/mol. The van der Waals surface area contributed by atoms with Crippen molar-refractivity contribution in [1.82, 2.24) is 5.32 Å². The number of aromatic carboxylic acids is 1. The molecule has 0 radical (unpaired) electrons. The standard InChI is InChI=1S/C15H10F2N2O4/c1-18-14(20)6-2-7(15(21)22)13-12(3-6)23-11-5-9(17)8(16)4-10(11)19-13/h2-5,19H,1H3,(H,18,20)(H,21,22). The van der Waals surface area contributed by atoms with Gasteiger partial charge in [0.15, 0.2) is 23.1 Å². The largest absolute Gasteiger partial charge is 0.478 e. The van der Waals surface area contributed by atoms with Gasteiger partial charge in [-0.2, -0.15) is 0 Å². The van der Waals surface area contributed by atoms with Gasteiger partial charge < -0.3 is 20.5 Å². The van der Waals surface area contributed by atoms with E-state index in [0.29, 0.717) is 0 Å². The number of ether oxygens (including phenoxy) is 1. The lowest BCUT2D eigenvalue weighted by Crippen LogP contribution is -2.19. The average molecular weight is 320 g/mol. The molecular weight excluding hydrogens is 310 g/mol. The SMILES string of the molecule is CNC(=O)c1cc2c(c(C(=O)O)c1)Nc1cc(F)c(F)cc1O2. The van der Waals surface area contributed by atoms with Gasteiger partial charge in [-0.25, -0.2) is 13.6 Å². The fourth-order valence-corrected chi connectivity index (χ4v) is 2.23. The Morgan fingerprint density at radius 3 is 2.48 bits per heavy atom. The minimum absolute atomic E-state index is 0.0122. The molecule has 0 fully saturated rings. The number of halogens is 2. The molecule has 0 aliphatic carbocycles. The van der Waals surface area contributed by atoms with E-state index in [2.05, 4.69) is 10.6 Å². The van der Waals surface area contributed by atoms with Crippen LogP contribution < -0.4 is 15.4 Å². The minimum Gasteiger partial charge on any atom is -0.478 e. The maximum Gasteiger partial charge on any atom is 0.337 e. The molecule has 1 amide bonds. The predicted octanol–water partition coefficient (Wildman–Crippen LogP) is 2.87. The highest BCUT2D eigenvalue weighted by Gasteiger charge is 2.26. The summed E-state index contributed by atoms with van der Waals surface area (Å²) in [6.07, 6.45) is 0. The van der Waals surface area contributed by atoms with Gasteiger partial charge in [-0.3, -0.25) is 4.79 Å². The molecule has 118 valence electrons. The average Bonchev–Trinajstić information content (AvgIpc) is 2.52. The number of carbonyl (C=O) groups is 2. The zero-order valence-corrected chi connectivity index (χ0v) is 11.7. The summed E-state index contributed by atoms with van der Waals surface area (Å²) in [5.74, 6) is -3.98. The summed E-state index contributed by atoms with van der Waals surface area (Å²) < 4.78 is 32.1. The van der Waals surface area contributed by atoms with Crippen molar-refractivity contribution < 1.29 is 28.2 Å². The fraction of sp³-hybridized carbons (Fsp3) is 0.0667. The number of amides is 1. The van der Waals surface area contributed by atoms with Crippen LogP contribution in [-0.2, 0) is 0 Å². The van der Waals surface area contributed by atoms with Gasteiger partial charge in [0.1, 0.15) is 0 Å². The zero-order chi connectivity index (χ0) is 16.7. The molecule has 1 heterocycles. The molecule has 0 aromatic heterocycles. The van der Waals surface area contributed by atoms with Gasteiger partial charge in [0.25, 0.3) is 5.91 Å². The summed E-state index contributed by atoms with van der Waals surface area (Å²) in [5.41, 5.74) is -0.0109. The number of carbonyl (C=O) groups excluding carboxylic acids is 1. The molecule has 2 aromatic rings. The summed E-state index contributed by atoms with van der Waals surface area (Å²) in [6, 6.07) is 4.19. The van der Waals surface area contributed by atoms with Crippen LogP contribution >= 0.6 is 0 Å². The number of hydrogen-bond acceptors (Lipinski definition) is 4. The van der Waals surface area contributed by atoms with E-state index in [9.17, 15) is 23.5 Å². The highest BCUT2D eigenvalue weighted by atomic mass is 19.2. The number of nitrogens with one attached hydrogen (secondary N) is 2. The topological polar surface area (TPSA) is 87.7 Å². The zero-order valence-electron chi connectivity index (χ0n) is 11.7. The van der Waals surface area contributed by atoms with Crippen LogP contribution in [0.1, 0.15) is 20.7 Å². The smallest absolute Gasteiger partial charge is 0.337 e. The van der Waals surface area contributed by atoms with Gasteiger partial charge in [-0.15, -0.1) is 0 Å². The van der Waals surface area contributed by atoms with E-state index in [-0.39, 0.29) is 34.0 Å². The first kappa shape index (κ1) is 14.8. The summed E-state index contributed by atoms with van der Waals surface area (Å²) in [6.45, 7) is 0. The maximum absolute atomic E-state index is 13.3. The number of fused-ring (bicyclic) bond motifs is 2. The van der Waals surface area contributed by atoms with E-state index < -0.39 is 23.5 Å². The molecule has 2 aromatic carbocycles. The lowest BCUT2D eigenvalue weighted by Gasteiger charge is -2.24. The number of rotatable bonds is 2. The first-order chi connectivity index (χ1) is 10.9. The molecule has 8 heteroatoms. The van der Waals surface area contributed by atoms with Gasteiger partial charge >= 0.3 is 5.97 Å². The van der Waals surface area contributed by atoms with Crippen molar-refractivity contribution in [2.75, 3.05) is 12.4 Å². The molecule has 3 rings (SSSR count). The first-order valence-electron chi connectivity index (χ1n) is 6.48. The first-order valence-corrected chi connectivity index (χ1v) is 6.48. The monoisotopic (exact) mass is 320 g/mol. The van der Waals surface area contributed by atoms with E-state index >= 15 is 0 Å². The molecule has 0 unspecified atom stereocenters. The number of hydrogen-bond donors (Lipinski definition) is 3. The quantitative estimate of drug-likeness (QED) is 0.676. The second-order valence-corrected chi connectivity index (χ2v) is 4.77. The van der Waals surface area contributed by atoms with E-state index in [0.717, 1.165) is 12.1 Å². The Bertz CT molecular complexity index is 852. The second kappa shape index (κ2) is 5.24. The number of carboxylic acids is 1. The Kier molecular flexibility index (Phi) is 3.36. The molecule has 23 heavy (non-hydrogen) atoms. The van der Waals surface area contributed by atoms with E-state index in [1.165, 1.54) is 19.2 Å². The second-order valence-electron chi connectivity index (χ2n) is 4.77. The summed E-state index contributed by atoms with van der Waals surface area (Å²) >= 11 is 0. The van der Waals surface area contributed by atoms with Crippen LogP contribution in [-0.4, -0.2) is 24.0 Å². The molecular formula is C15H10F2N2O4. The van der Waals surface area contributed by atoms with Crippen LogP contribution in [0, 0.1) is 11.6 Å². The van der Waals surface area contributed by atoms with Gasteiger partial charge in [-0.1, -0.05) is 0 Å². The van der Waals surface area contributed by atoms with Gasteiger partial charge in [-0.05, 0) is 12.1 Å². The third-order valence-electron chi connectivity index (χ3n) is 3.32. The summed E-state index contributed by atoms with van der Waals surface area (Å²) in [4.78, 5) is 23.1. The van der Waals surface area contributed by atoms with Crippen LogP contribution in [0.5, 0.6) is 11.5 Å². The molecule has 1 aliphatic heterocycles. The Labute approximate surface area is 128 Å². The van der Waals surface area contributed by atoms with Crippen LogP contribution in [0.4, 0.5) is 20.2 Å². The van der Waals surface area contributed by atoms with Gasteiger partial charge in [0.05, 0.1) is 16.9 Å². The molecule has 3 N–H and O–H groups in total. The van der Waals surface area contributed by atoms with Crippen molar-refractivity contribution in [3.05, 3.63) is 47.0 Å². The molecule has 0 atom stereocenters. The lowest BCUT2D eigenvalue weighted by atomic mass is 10.0. The summed E-state index contributed by atoms with van der Waals surface area (Å²) in [7, 11) is 1.40. The van der Waals surface area contributed by atoms with Crippen molar-refractivity contribution >= 4 is 23.3 Å². The van der Waals surface area contributed by atoms with Gasteiger partial charge in [0.2, 0.25) is 0 Å². The molecule has 0 bridgehead atoms. The third-order valence-corrected chi connectivity index (χ3v) is 3.32. The van der Waals surface area contributed by atoms with Crippen LogP contribution in [0.3, 0.4) is 0 Å². The Morgan fingerprint density at radius 1 is 1.13 bits per heavy atom. The Balaban J connectivity index is 2.16. The van der Waals surface area contributed by atoms with Crippen molar-refractivity contribution in [3.63, 3.8) is 0 Å². The normalized spacial score (nSPS) is 11.6. The highest BCUT2D eigenvalue weighted by molar-refractivity contribution is 6.03. The molecule has 1 aliphatic rings. The molecule has 0 saturated carbocycles. The van der Waals surface area contributed by atoms with E-state index in [1.807, 2.05) is 0 Å². The van der Waals surface area contributed by atoms with E-state index in [4.69, 9.17) is 4.74 Å². The van der Waals surface area contributed by atoms with E-state index in [1.54, 1.807) is 0 Å². The Morgan fingerprint density at radius 2 is 1.83 bits per heavy atom. The van der Waals surface area contributed by atoms with Crippen LogP contribution in [0.25, 0.3) is 0 Å². The molecule has 6 nitrogen and oxygen atoms in total. The lowest BCUT2D eigenvalue weighted by molar-refractivity contribution is 0.0697. The van der Waals surface area contributed by atoms with Gasteiger partial charge in [0, 0.05) is 24.7 Å².